The minimum atomic E-state index is -1.69. The van der Waals surface area contributed by atoms with Crippen molar-refractivity contribution in [3.63, 3.8) is 0 Å². The second-order valence-electron chi connectivity index (χ2n) is 18.6. The summed E-state index contributed by atoms with van der Waals surface area (Å²) in [5, 5.41) is 56.5. The molecule has 16 atom stereocenters. The highest BCUT2D eigenvalue weighted by Crippen LogP contribution is 2.53. The fourth-order valence-electron chi connectivity index (χ4n) is 10.6. The number of aromatic hydroxyl groups is 1. The van der Waals surface area contributed by atoms with Crippen LogP contribution in [-0.4, -0.2) is 161 Å². The van der Waals surface area contributed by atoms with Crippen LogP contribution in [0.25, 0.3) is 0 Å². The van der Waals surface area contributed by atoms with Gasteiger partial charge in [-0.1, -0.05) is 6.07 Å². The van der Waals surface area contributed by atoms with E-state index in [1.807, 2.05) is 0 Å². The van der Waals surface area contributed by atoms with Gasteiger partial charge in [-0.15, -0.1) is 0 Å². The molecular formula is C43H58N2O15. The summed E-state index contributed by atoms with van der Waals surface area (Å²) in [7, 11) is 6.41. The molecule has 7 N–H and O–H groups in total. The number of benzene rings is 2. The Morgan fingerprint density at radius 1 is 0.883 bits per heavy atom. The zero-order valence-electron chi connectivity index (χ0n) is 35.6. The summed E-state index contributed by atoms with van der Waals surface area (Å²) >= 11 is 0. The standard InChI is InChI=1S/C43H58N2O15/c1-17-34(50)42(5,52)37(54-10)39(56-17)59-35-18(2)55-25(16-40(35,3)44)57-36-28(45(7)8)32(49)38-58-33-23(43(36,6)60-38)12-11-20-27(33)31(48)26-22(29(20)46)13-19-15-41(4,51)24(53-9)14-21(19)30(26)47/h11-13,17-18,24-25,28,32,34-39,47,49-52H,14-16,44H2,1-10H3/t17?,18?,24?,25?,28-,32-,34?,35?,36-,37?,38+,39?,40?,41+,42?,43+/m0/s1. The zero-order valence-corrected chi connectivity index (χ0v) is 35.6. The van der Waals surface area contributed by atoms with Crippen LogP contribution in [0.4, 0.5) is 0 Å². The second kappa shape index (κ2) is 14.7. The van der Waals surface area contributed by atoms with Crippen molar-refractivity contribution in [1.82, 2.24) is 4.90 Å². The van der Waals surface area contributed by atoms with E-state index in [0.717, 1.165) is 0 Å². The third kappa shape index (κ3) is 6.47. The number of hydrogen-bond donors (Lipinski definition) is 6. The molecule has 2 bridgehead atoms. The number of aliphatic hydroxyl groups is 4. The largest absolute Gasteiger partial charge is 0.507 e. The third-order valence-electron chi connectivity index (χ3n) is 13.8. The van der Waals surface area contributed by atoms with Gasteiger partial charge < -0.3 is 74.1 Å². The van der Waals surface area contributed by atoms with Gasteiger partial charge in [-0.2, -0.15) is 0 Å². The number of aliphatic hydroxyl groups excluding tert-OH is 2. The molecule has 0 amide bonds. The SMILES string of the molecule is COC1C(OC2C(C)OC(O[C@H]3[C@@H](N(C)C)[C@H](O)[C@@H]4Oc5c(ccc6c5C(=O)c5c(cc7c(c5O)CC(OC)[C@](C)(O)C7)C6=O)[C@@]3(C)O4)CC2(C)N)OC(C)C(O)C1(C)O. The predicted molar refractivity (Wildman–Crippen MR) is 210 cm³/mol. The van der Waals surface area contributed by atoms with E-state index in [9.17, 15) is 35.1 Å². The van der Waals surface area contributed by atoms with Crippen molar-refractivity contribution in [3.05, 3.63) is 57.1 Å². The van der Waals surface area contributed by atoms with Crippen LogP contribution in [0.2, 0.25) is 0 Å². The molecule has 3 saturated heterocycles. The van der Waals surface area contributed by atoms with Gasteiger partial charge in [-0.05, 0) is 73.3 Å². The minimum Gasteiger partial charge on any atom is -0.507 e. The lowest BCUT2D eigenvalue weighted by Crippen LogP contribution is -2.71. The van der Waals surface area contributed by atoms with Gasteiger partial charge in [0.1, 0.15) is 53.2 Å². The first-order chi connectivity index (χ1) is 28.0. The van der Waals surface area contributed by atoms with Gasteiger partial charge in [0.05, 0.1) is 41.1 Å². The summed E-state index contributed by atoms with van der Waals surface area (Å²) in [6, 6.07) is 4.01. The molecule has 4 heterocycles. The number of phenols is 1. The average molecular weight is 843 g/mol. The predicted octanol–water partition coefficient (Wildman–Crippen LogP) is 0.782. The van der Waals surface area contributed by atoms with Crippen LogP contribution in [0.3, 0.4) is 0 Å². The maximum Gasteiger partial charge on any atom is 0.228 e. The van der Waals surface area contributed by atoms with Crippen LogP contribution >= 0.6 is 0 Å². The molecule has 2 aromatic rings. The maximum absolute atomic E-state index is 14.7. The number of nitrogens with two attached hydrogens (primary N) is 1. The van der Waals surface area contributed by atoms with Crippen molar-refractivity contribution in [2.24, 2.45) is 5.73 Å². The Kier molecular flexibility index (Phi) is 10.7. The lowest BCUT2D eigenvalue weighted by molar-refractivity contribution is -0.370. The molecule has 2 aliphatic carbocycles. The van der Waals surface area contributed by atoms with Crippen LogP contribution < -0.4 is 10.5 Å². The fraction of sp³-hybridized carbons (Fsp3) is 0.674. The summed E-state index contributed by atoms with van der Waals surface area (Å²) in [6.07, 6.45) is -10.6. The highest BCUT2D eigenvalue weighted by Gasteiger charge is 2.62. The number of fused-ring (bicyclic) bond motifs is 8. The molecule has 17 heteroatoms. The Balaban J connectivity index is 1.12. The number of ether oxygens (including phenoxy) is 8. The van der Waals surface area contributed by atoms with E-state index in [2.05, 4.69) is 0 Å². The van der Waals surface area contributed by atoms with Crippen LogP contribution in [-0.2, 0) is 51.6 Å². The Morgan fingerprint density at radius 2 is 1.58 bits per heavy atom. The number of carbonyl (C=O) groups excluding carboxylic acids is 2. The highest BCUT2D eigenvalue weighted by molar-refractivity contribution is 6.30. The smallest absolute Gasteiger partial charge is 0.228 e. The molecule has 3 fully saturated rings. The molecule has 330 valence electrons. The van der Waals surface area contributed by atoms with Gasteiger partial charge in [-0.3, -0.25) is 9.59 Å². The first-order valence-corrected chi connectivity index (χ1v) is 20.4. The molecule has 10 unspecified atom stereocenters. The number of phenolic OH excluding ortho intramolecular Hbond substituents is 1. The molecule has 0 spiro atoms. The summed E-state index contributed by atoms with van der Waals surface area (Å²) in [5.74, 6) is -1.47. The molecule has 6 aliphatic rings. The first kappa shape index (κ1) is 43.5. The summed E-state index contributed by atoms with van der Waals surface area (Å²) < 4.78 is 49.6. The number of rotatable bonds is 7. The van der Waals surface area contributed by atoms with Gasteiger partial charge in [0.25, 0.3) is 0 Å². The van der Waals surface area contributed by atoms with Gasteiger partial charge >= 0.3 is 0 Å². The number of hydrogen-bond acceptors (Lipinski definition) is 17. The average Bonchev–Trinajstić information content (AvgIpc) is 3.15. The zero-order chi connectivity index (χ0) is 43.8. The van der Waals surface area contributed by atoms with Gasteiger partial charge in [0.15, 0.2) is 18.4 Å². The van der Waals surface area contributed by atoms with Crippen molar-refractivity contribution in [3.8, 4) is 11.5 Å². The number of likely N-dealkylation sites (N-methyl/N-ethyl adjacent to an activating group) is 1. The van der Waals surface area contributed by atoms with E-state index in [1.165, 1.54) is 27.2 Å². The molecule has 8 rings (SSSR count). The monoisotopic (exact) mass is 842 g/mol. The minimum absolute atomic E-state index is 0.0173. The van der Waals surface area contributed by atoms with E-state index >= 15 is 0 Å². The number of ketones is 2. The Bertz CT molecular complexity index is 2070. The van der Waals surface area contributed by atoms with Crippen LogP contribution in [0, 0.1) is 0 Å². The van der Waals surface area contributed by atoms with Gasteiger partial charge in [-0.25, -0.2) is 0 Å². The quantitative estimate of drug-likeness (QED) is 0.193. The molecular weight excluding hydrogens is 784 g/mol. The molecule has 0 saturated carbocycles. The Morgan fingerprint density at radius 3 is 2.22 bits per heavy atom. The van der Waals surface area contributed by atoms with E-state index in [-0.39, 0.29) is 53.0 Å². The Labute approximate surface area is 348 Å². The molecule has 4 aliphatic heterocycles. The number of methoxy groups -OCH3 is 2. The van der Waals surface area contributed by atoms with Crippen molar-refractivity contribution < 1.29 is 73.0 Å². The topological polar surface area (TPSA) is 238 Å². The summed E-state index contributed by atoms with van der Waals surface area (Å²) in [4.78, 5) is 30.7. The molecule has 2 aromatic carbocycles. The molecule has 17 nitrogen and oxygen atoms in total. The lowest BCUT2D eigenvalue weighted by atomic mass is 9.72. The second-order valence-corrected chi connectivity index (χ2v) is 18.6. The van der Waals surface area contributed by atoms with Crippen molar-refractivity contribution in [2.75, 3.05) is 28.3 Å². The lowest BCUT2D eigenvalue weighted by Gasteiger charge is -2.56. The maximum atomic E-state index is 14.7. The fourth-order valence-corrected chi connectivity index (χ4v) is 10.6. The van der Waals surface area contributed by atoms with Crippen LogP contribution in [0.15, 0.2) is 18.2 Å². The van der Waals surface area contributed by atoms with Crippen molar-refractivity contribution in [1.29, 1.82) is 0 Å². The van der Waals surface area contributed by atoms with E-state index < -0.39 is 108 Å². The molecule has 0 aromatic heterocycles. The van der Waals surface area contributed by atoms with Crippen molar-refractivity contribution >= 4 is 11.6 Å². The number of nitrogens with zero attached hydrogens (tertiary/aromatic N) is 1. The summed E-state index contributed by atoms with van der Waals surface area (Å²) in [5.41, 5.74) is 2.67. The first-order valence-electron chi connectivity index (χ1n) is 20.4. The van der Waals surface area contributed by atoms with Crippen LogP contribution in [0.1, 0.15) is 96.5 Å². The van der Waals surface area contributed by atoms with E-state index in [1.54, 1.807) is 65.7 Å². The number of carbonyl (C=O) groups is 2. The molecule has 0 radical (unpaired) electrons. The Hall–Kier alpha value is -3.14. The van der Waals surface area contributed by atoms with Gasteiger partial charge in [0, 0.05) is 61.3 Å². The van der Waals surface area contributed by atoms with Crippen molar-refractivity contribution in [2.45, 2.75) is 157 Å². The van der Waals surface area contributed by atoms with Crippen LogP contribution in [0.5, 0.6) is 11.5 Å². The van der Waals surface area contributed by atoms with E-state index in [0.29, 0.717) is 16.7 Å². The normalized spacial score (nSPS) is 43.5. The highest BCUT2D eigenvalue weighted by atomic mass is 16.8. The summed E-state index contributed by atoms with van der Waals surface area (Å²) in [6.45, 7) is 10.0. The molecule has 60 heavy (non-hydrogen) atoms. The third-order valence-corrected chi connectivity index (χ3v) is 13.8. The van der Waals surface area contributed by atoms with E-state index in [4.69, 9.17) is 43.6 Å². The van der Waals surface area contributed by atoms with Gasteiger partial charge in [0.2, 0.25) is 12.1 Å².